The lowest BCUT2D eigenvalue weighted by atomic mass is 9.94. The van der Waals surface area contributed by atoms with Gasteiger partial charge in [0.2, 0.25) is 0 Å². The second-order valence-electron chi connectivity index (χ2n) is 10.0. The fraction of sp³-hybridized carbons (Fsp3) is 0.500. The van der Waals surface area contributed by atoms with Crippen molar-refractivity contribution in [2.24, 2.45) is 5.92 Å². The molecule has 0 aromatic heterocycles. The fourth-order valence-corrected chi connectivity index (χ4v) is 5.42. The molecule has 0 spiro atoms. The second kappa shape index (κ2) is 13.2. The van der Waals surface area contributed by atoms with Crippen molar-refractivity contribution in [1.82, 2.24) is 4.90 Å². The maximum atomic E-state index is 11.0. The van der Waals surface area contributed by atoms with Crippen LogP contribution in [0.25, 0.3) is 11.1 Å². The smallest absolute Gasteiger partial charge is 0.303 e. The van der Waals surface area contributed by atoms with E-state index < -0.39 is 12.1 Å². The first-order chi connectivity index (χ1) is 17.5. The molecule has 36 heavy (non-hydrogen) atoms. The first kappa shape index (κ1) is 26.6. The molecule has 2 fully saturated rings. The van der Waals surface area contributed by atoms with Gasteiger partial charge in [-0.05, 0) is 42.9 Å². The van der Waals surface area contributed by atoms with Crippen LogP contribution in [0.2, 0.25) is 0 Å². The quantitative estimate of drug-likeness (QED) is 0.345. The summed E-state index contributed by atoms with van der Waals surface area (Å²) in [6.07, 6.45) is 6.78. The van der Waals surface area contributed by atoms with Gasteiger partial charge in [-0.3, -0.25) is 9.69 Å². The summed E-state index contributed by atoms with van der Waals surface area (Å²) >= 11 is 0. The number of aliphatic carboxylic acids is 1. The highest BCUT2D eigenvalue weighted by Crippen LogP contribution is 2.36. The van der Waals surface area contributed by atoms with Crippen LogP contribution < -0.4 is 0 Å². The van der Waals surface area contributed by atoms with Crippen LogP contribution in [0.4, 0.5) is 0 Å². The zero-order valence-electron chi connectivity index (χ0n) is 21.2. The van der Waals surface area contributed by atoms with Gasteiger partial charge >= 0.3 is 5.97 Å². The summed E-state index contributed by atoms with van der Waals surface area (Å²) in [7, 11) is 0. The number of hydrogen-bond acceptors (Lipinski definition) is 5. The molecule has 1 heterocycles. The number of morpholine rings is 1. The molecular weight excluding hydrogens is 454 g/mol. The van der Waals surface area contributed by atoms with Crippen molar-refractivity contribution in [2.45, 2.75) is 63.9 Å². The van der Waals surface area contributed by atoms with Crippen molar-refractivity contribution in [3.05, 3.63) is 71.8 Å². The molecule has 6 heteroatoms. The largest absolute Gasteiger partial charge is 0.481 e. The highest BCUT2D eigenvalue weighted by molar-refractivity contribution is 5.66. The van der Waals surface area contributed by atoms with Crippen LogP contribution in [0.5, 0.6) is 0 Å². The molecule has 1 saturated carbocycles. The number of benzene rings is 2. The summed E-state index contributed by atoms with van der Waals surface area (Å²) in [5, 5.41) is 19.8. The number of carboxylic acids is 1. The van der Waals surface area contributed by atoms with Gasteiger partial charge < -0.3 is 19.7 Å². The number of aliphatic hydroxyl groups excluding tert-OH is 1. The number of ether oxygens (including phenoxy) is 2. The molecule has 2 N–H and O–H groups in total. The fourth-order valence-electron chi connectivity index (χ4n) is 5.42. The van der Waals surface area contributed by atoms with E-state index in [1.165, 1.54) is 16.7 Å². The third kappa shape index (κ3) is 7.26. The molecule has 0 unspecified atom stereocenters. The molecule has 6 nitrogen and oxygen atoms in total. The maximum absolute atomic E-state index is 11.0. The summed E-state index contributed by atoms with van der Waals surface area (Å²) in [5.74, 6) is -0.573. The molecule has 4 rings (SSSR count). The van der Waals surface area contributed by atoms with Crippen LogP contribution in [-0.2, 0) is 20.9 Å². The topological polar surface area (TPSA) is 79.2 Å². The lowest BCUT2D eigenvalue weighted by Crippen LogP contribution is -2.50. The number of hydrogen-bond donors (Lipinski definition) is 2. The first-order valence-corrected chi connectivity index (χ1v) is 13.2. The van der Waals surface area contributed by atoms with E-state index in [4.69, 9.17) is 14.6 Å². The zero-order valence-corrected chi connectivity index (χ0v) is 21.2. The van der Waals surface area contributed by atoms with Crippen molar-refractivity contribution < 1.29 is 24.5 Å². The molecule has 0 bridgehead atoms. The Hall–Kier alpha value is -2.51. The predicted molar refractivity (Wildman–Crippen MR) is 141 cm³/mol. The molecule has 2 aliphatic rings. The van der Waals surface area contributed by atoms with Gasteiger partial charge in [0.05, 0.1) is 32.0 Å². The molecule has 194 valence electrons. The molecule has 2 aromatic rings. The molecule has 0 amide bonds. The first-order valence-electron chi connectivity index (χ1n) is 13.2. The Labute approximate surface area is 214 Å². The average Bonchev–Trinajstić information content (AvgIpc) is 3.20. The monoisotopic (exact) mass is 493 g/mol. The van der Waals surface area contributed by atoms with E-state index in [0.717, 1.165) is 31.5 Å². The number of carbonyl (C=O) groups is 1. The Balaban J connectivity index is 1.38. The van der Waals surface area contributed by atoms with Gasteiger partial charge in [-0.2, -0.15) is 0 Å². The van der Waals surface area contributed by atoms with Crippen LogP contribution in [-0.4, -0.2) is 65.6 Å². The Kier molecular flexibility index (Phi) is 9.70. The third-order valence-electron chi connectivity index (χ3n) is 7.39. The van der Waals surface area contributed by atoms with Gasteiger partial charge in [-0.1, -0.05) is 66.2 Å². The molecule has 1 aliphatic heterocycles. The lowest BCUT2D eigenvalue weighted by molar-refractivity contribution is -0.137. The van der Waals surface area contributed by atoms with Gasteiger partial charge in [0, 0.05) is 37.9 Å². The molecule has 0 radical (unpaired) electrons. The van der Waals surface area contributed by atoms with E-state index in [1.807, 2.05) is 0 Å². The van der Waals surface area contributed by atoms with E-state index in [9.17, 15) is 9.90 Å². The second-order valence-corrected chi connectivity index (χ2v) is 10.0. The van der Waals surface area contributed by atoms with Crippen molar-refractivity contribution >= 4 is 5.97 Å². The number of aliphatic hydroxyl groups is 1. The summed E-state index contributed by atoms with van der Waals surface area (Å²) in [6, 6.07) is 17.1. The number of allylic oxidation sites excluding steroid dienone is 2. The van der Waals surface area contributed by atoms with Gasteiger partial charge in [0.25, 0.3) is 0 Å². The van der Waals surface area contributed by atoms with Crippen molar-refractivity contribution in [3.8, 4) is 11.1 Å². The van der Waals surface area contributed by atoms with Gasteiger partial charge in [-0.15, -0.1) is 0 Å². The van der Waals surface area contributed by atoms with Crippen LogP contribution in [0, 0.1) is 12.8 Å². The third-order valence-corrected chi connectivity index (χ3v) is 7.39. The minimum absolute atomic E-state index is 0.0340. The number of carboxylic acid groups (broad SMARTS) is 1. The predicted octanol–water partition coefficient (Wildman–Crippen LogP) is 4.83. The maximum Gasteiger partial charge on any atom is 0.303 e. The summed E-state index contributed by atoms with van der Waals surface area (Å²) in [4.78, 5) is 13.1. The van der Waals surface area contributed by atoms with E-state index in [-0.39, 0.29) is 24.5 Å². The Bertz CT molecular complexity index is 981. The van der Waals surface area contributed by atoms with Gasteiger partial charge in [-0.25, -0.2) is 0 Å². The lowest BCUT2D eigenvalue weighted by Gasteiger charge is -2.37. The van der Waals surface area contributed by atoms with Crippen molar-refractivity contribution in [2.75, 3.05) is 26.3 Å². The minimum Gasteiger partial charge on any atom is -0.481 e. The molecule has 2 aromatic carbocycles. The van der Waals surface area contributed by atoms with Gasteiger partial charge in [0.1, 0.15) is 0 Å². The van der Waals surface area contributed by atoms with Gasteiger partial charge in [0.15, 0.2) is 0 Å². The molecule has 1 saturated heterocycles. The van der Waals surface area contributed by atoms with E-state index >= 15 is 0 Å². The summed E-state index contributed by atoms with van der Waals surface area (Å²) in [5.41, 5.74) is 4.77. The highest BCUT2D eigenvalue weighted by atomic mass is 16.5. The van der Waals surface area contributed by atoms with Crippen LogP contribution >= 0.6 is 0 Å². The molecular formula is C30H39NO5. The number of unbranched alkanes of at least 4 members (excludes halogenated alkanes) is 1. The zero-order chi connectivity index (χ0) is 25.3. The number of aryl methyl sites for hydroxylation is 1. The number of nitrogens with zero attached hydrogens (tertiary/aromatic N) is 1. The minimum atomic E-state index is -0.755. The van der Waals surface area contributed by atoms with Crippen molar-refractivity contribution in [1.29, 1.82) is 0 Å². The SMILES string of the molecule is Cc1ccc(-c2ccc(CO[C@H]3C[C@@H](O)[C@H](N4CCOCC4)[C@H]3C/C=C\CCCC(=O)O)cc2)cc1. The standard InChI is InChI=1S/C30H39NO5/c1-22-8-12-24(13-9-22)25-14-10-23(11-15-25)21-36-28-20-27(32)30(31-16-18-35-19-17-31)26(28)6-4-2-3-5-7-29(33)34/h2,4,8-15,26-28,30,32H,3,5-7,16-21H2,1H3,(H,33,34)/b4-2-/t26-,27+,28-,30+/m0/s1. The summed E-state index contributed by atoms with van der Waals surface area (Å²) < 4.78 is 12.0. The van der Waals surface area contributed by atoms with Crippen molar-refractivity contribution in [3.63, 3.8) is 0 Å². The van der Waals surface area contributed by atoms with E-state index in [1.54, 1.807) is 0 Å². The molecule has 1 aliphatic carbocycles. The Morgan fingerprint density at radius 3 is 2.39 bits per heavy atom. The average molecular weight is 494 g/mol. The van der Waals surface area contributed by atoms with E-state index in [2.05, 4.69) is 72.5 Å². The normalized spacial score (nSPS) is 24.9. The molecule has 4 atom stereocenters. The van der Waals surface area contributed by atoms with Crippen LogP contribution in [0.1, 0.15) is 43.2 Å². The highest BCUT2D eigenvalue weighted by Gasteiger charge is 2.45. The number of rotatable bonds is 11. The van der Waals surface area contributed by atoms with E-state index in [0.29, 0.717) is 32.7 Å². The Morgan fingerprint density at radius 1 is 1.06 bits per heavy atom. The summed E-state index contributed by atoms with van der Waals surface area (Å²) in [6.45, 7) is 5.65. The Morgan fingerprint density at radius 2 is 1.72 bits per heavy atom. The van der Waals surface area contributed by atoms with Crippen LogP contribution in [0.15, 0.2) is 60.7 Å². The van der Waals surface area contributed by atoms with Crippen LogP contribution in [0.3, 0.4) is 0 Å².